The topological polar surface area (TPSA) is 94.5 Å². The van der Waals surface area contributed by atoms with Gasteiger partial charge >= 0.3 is 10.2 Å². The molecular weight excluding hydrogens is 312 g/mol. The molecule has 1 saturated heterocycles. The lowest BCUT2D eigenvalue weighted by Gasteiger charge is -2.26. The SMILES string of the molecule is N#Cc1c(NS(=O)(=O)N2CCOCC2)sc2c1CCNC2. The van der Waals surface area contributed by atoms with E-state index < -0.39 is 10.2 Å². The van der Waals surface area contributed by atoms with Crippen LogP contribution in [-0.2, 0) is 27.9 Å². The van der Waals surface area contributed by atoms with E-state index in [9.17, 15) is 13.7 Å². The van der Waals surface area contributed by atoms with Gasteiger partial charge in [0.05, 0.1) is 18.8 Å². The van der Waals surface area contributed by atoms with Crippen molar-refractivity contribution in [2.24, 2.45) is 0 Å². The first-order valence-corrected chi connectivity index (χ1v) is 8.98. The molecule has 3 rings (SSSR count). The molecule has 0 atom stereocenters. The van der Waals surface area contributed by atoms with E-state index in [1.807, 2.05) is 0 Å². The fourth-order valence-electron chi connectivity index (χ4n) is 2.49. The quantitative estimate of drug-likeness (QED) is 0.830. The highest BCUT2D eigenvalue weighted by molar-refractivity contribution is 7.90. The maximum atomic E-state index is 12.4. The van der Waals surface area contributed by atoms with E-state index in [0.29, 0.717) is 43.4 Å². The van der Waals surface area contributed by atoms with Gasteiger partial charge in [-0.3, -0.25) is 4.72 Å². The molecule has 0 bridgehead atoms. The number of hydrogen-bond acceptors (Lipinski definition) is 6. The van der Waals surface area contributed by atoms with Crippen molar-refractivity contribution in [3.05, 3.63) is 16.0 Å². The Labute approximate surface area is 127 Å². The number of nitrogens with one attached hydrogen (secondary N) is 2. The van der Waals surface area contributed by atoms with E-state index in [1.165, 1.54) is 15.6 Å². The van der Waals surface area contributed by atoms with Gasteiger partial charge in [0, 0.05) is 24.5 Å². The number of anilines is 1. The van der Waals surface area contributed by atoms with Gasteiger partial charge in [0.25, 0.3) is 0 Å². The first-order chi connectivity index (χ1) is 10.1. The Balaban J connectivity index is 1.87. The second-order valence-electron chi connectivity index (χ2n) is 4.87. The zero-order chi connectivity index (χ0) is 14.9. The summed E-state index contributed by atoms with van der Waals surface area (Å²) < 4.78 is 33.8. The number of thiophene rings is 1. The molecule has 3 heterocycles. The average molecular weight is 328 g/mol. The van der Waals surface area contributed by atoms with E-state index in [-0.39, 0.29) is 0 Å². The fourth-order valence-corrected chi connectivity index (χ4v) is 5.09. The Morgan fingerprint density at radius 3 is 2.86 bits per heavy atom. The van der Waals surface area contributed by atoms with Gasteiger partial charge in [0.15, 0.2) is 0 Å². The summed E-state index contributed by atoms with van der Waals surface area (Å²) in [5.74, 6) is 0. The van der Waals surface area contributed by atoms with Crippen molar-refractivity contribution in [3.8, 4) is 6.07 Å². The van der Waals surface area contributed by atoms with Crippen LogP contribution in [0.3, 0.4) is 0 Å². The van der Waals surface area contributed by atoms with Crippen LogP contribution < -0.4 is 10.0 Å². The predicted molar refractivity (Wildman–Crippen MR) is 79.4 cm³/mol. The van der Waals surface area contributed by atoms with E-state index >= 15 is 0 Å². The molecule has 0 unspecified atom stereocenters. The highest BCUT2D eigenvalue weighted by atomic mass is 32.2. The maximum absolute atomic E-state index is 12.4. The maximum Gasteiger partial charge on any atom is 0.302 e. The minimum absolute atomic E-state index is 0.337. The second-order valence-corrected chi connectivity index (χ2v) is 7.64. The van der Waals surface area contributed by atoms with Crippen LogP contribution in [0.15, 0.2) is 0 Å². The molecule has 1 fully saturated rings. The lowest BCUT2D eigenvalue weighted by molar-refractivity contribution is 0.0733. The highest BCUT2D eigenvalue weighted by Gasteiger charge is 2.28. The summed E-state index contributed by atoms with van der Waals surface area (Å²) in [6.07, 6.45) is 0.758. The molecule has 114 valence electrons. The van der Waals surface area contributed by atoms with Crippen LogP contribution in [-0.4, -0.2) is 45.6 Å². The van der Waals surface area contributed by atoms with Crippen LogP contribution in [0.25, 0.3) is 0 Å². The lowest BCUT2D eigenvalue weighted by atomic mass is 10.1. The number of nitrogens with zero attached hydrogens (tertiary/aromatic N) is 2. The van der Waals surface area contributed by atoms with Crippen molar-refractivity contribution in [2.45, 2.75) is 13.0 Å². The number of fused-ring (bicyclic) bond motifs is 1. The third-order valence-electron chi connectivity index (χ3n) is 3.57. The van der Waals surface area contributed by atoms with Crippen molar-refractivity contribution in [1.82, 2.24) is 9.62 Å². The Hall–Kier alpha value is -1.18. The molecule has 0 amide bonds. The first-order valence-electron chi connectivity index (χ1n) is 6.73. The fraction of sp³-hybridized carbons (Fsp3) is 0.583. The standard InChI is InChI=1S/C12H16N4O3S2/c13-7-10-9-1-2-14-8-11(9)20-12(10)15-21(17,18)16-3-5-19-6-4-16/h14-15H,1-6,8H2. The summed E-state index contributed by atoms with van der Waals surface area (Å²) in [5.41, 5.74) is 1.44. The molecule has 21 heavy (non-hydrogen) atoms. The van der Waals surface area contributed by atoms with Crippen molar-refractivity contribution in [3.63, 3.8) is 0 Å². The molecule has 2 N–H and O–H groups in total. The Morgan fingerprint density at radius 2 is 2.14 bits per heavy atom. The summed E-state index contributed by atoms with van der Waals surface area (Å²) in [5, 5.41) is 13.0. The van der Waals surface area contributed by atoms with Crippen molar-refractivity contribution in [1.29, 1.82) is 5.26 Å². The number of morpholine rings is 1. The number of nitriles is 1. The van der Waals surface area contributed by atoms with E-state index in [1.54, 1.807) is 0 Å². The Morgan fingerprint density at radius 1 is 1.38 bits per heavy atom. The molecule has 7 nitrogen and oxygen atoms in total. The number of ether oxygens (including phenoxy) is 1. The van der Waals surface area contributed by atoms with Gasteiger partial charge in [-0.25, -0.2) is 0 Å². The summed E-state index contributed by atoms with van der Waals surface area (Å²) in [6, 6.07) is 2.14. The minimum atomic E-state index is -3.63. The normalized spacial score (nSPS) is 19.8. The second kappa shape index (κ2) is 5.90. The van der Waals surface area contributed by atoms with E-state index in [4.69, 9.17) is 4.74 Å². The van der Waals surface area contributed by atoms with Gasteiger partial charge in [0.1, 0.15) is 11.1 Å². The molecule has 1 aromatic rings. The molecule has 0 radical (unpaired) electrons. The molecule has 0 aromatic carbocycles. The first kappa shape index (κ1) is 14.7. The number of rotatable bonds is 3. The third kappa shape index (κ3) is 2.90. The van der Waals surface area contributed by atoms with Crippen LogP contribution >= 0.6 is 11.3 Å². The minimum Gasteiger partial charge on any atom is -0.379 e. The average Bonchev–Trinajstić information content (AvgIpc) is 2.84. The van der Waals surface area contributed by atoms with Crippen LogP contribution in [0.1, 0.15) is 16.0 Å². The van der Waals surface area contributed by atoms with E-state index in [0.717, 1.165) is 23.4 Å². The summed E-state index contributed by atoms with van der Waals surface area (Å²) >= 11 is 1.34. The molecular formula is C12H16N4O3S2. The summed E-state index contributed by atoms with van der Waals surface area (Å²) in [4.78, 5) is 1.04. The molecule has 2 aliphatic heterocycles. The molecule has 9 heteroatoms. The number of hydrogen-bond donors (Lipinski definition) is 2. The molecule has 2 aliphatic rings. The van der Waals surface area contributed by atoms with Gasteiger partial charge in [-0.15, -0.1) is 11.3 Å². The lowest BCUT2D eigenvalue weighted by Crippen LogP contribution is -2.43. The van der Waals surface area contributed by atoms with Crippen LogP contribution in [0.2, 0.25) is 0 Å². The largest absolute Gasteiger partial charge is 0.379 e. The van der Waals surface area contributed by atoms with Crippen LogP contribution in [0.5, 0.6) is 0 Å². The smallest absolute Gasteiger partial charge is 0.302 e. The van der Waals surface area contributed by atoms with Gasteiger partial charge < -0.3 is 10.1 Å². The highest BCUT2D eigenvalue weighted by Crippen LogP contribution is 2.35. The van der Waals surface area contributed by atoms with E-state index in [2.05, 4.69) is 16.1 Å². The Bertz CT molecular complexity index is 671. The van der Waals surface area contributed by atoms with Gasteiger partial charge in [-0.1, -0.05) is 0 Å². The summed E-state index contributed by atoms with van der Waals surface area (Å²) in [6.45, 7) is 2.98. The monoisotopic (exact) mass is 328 g/mol. The molecule has 0 aliphatic carbocycles. The molecule has 0 saturated carbocycles. The van der Waals surface area contributed by atoms with Gasteiger partial charge in [-0.2, -0.15) is 18.0 Å². The van der Waals surface area contributed by atoms with Gasteiger partial charge in [-0.05, 0) is 18.5 Å². The summed E-state index contributed by atoms with van der Waals surface area (Å²) in [7, 11) is -3.63. The van der Waals surface area contributed by atoms with Crippen molar-refractivity contribution < 1.29 is 13.2 Å². The zero-order valence-corrected chi connectivity index (χ0v) is 13.0. The van der Waals surface area contributed by atoms with Gasteiger partial charge in [0.2, 0.25) is 0 Å². The zero-order valence-electron chi connectivity index (χ0n) is 11.4. The third-order valence-corrected chi connectivity index (χ3v) is 6.36. The van der Waals surface area contributed by atoms with Crippen molar-refractivity contribution in [2.75, 3.05) is 37.6 Å². The molecule has 0 spiro atoms. The Kier molecular flexibility index (Phi) is 4.14. The van der Waals surface area contributed by atoms with Crippen LogP contribution in [0.4, 0.5) is 5.00 Å². The predicted octanol–water partition coefficient (Wildman–Crippen LogP) is 0.254. The van der Waals surface area contributed by atoms with Crippen LogP contribution in [0, 0.1) is 11.3 Å². The molecule has 1 aromatic heterocycles. The van der Waals surface area contributed by atoms with Crippen molar-refractivity contribution >= 4 is 26.5 Å².